The van der Waals surface area contributed by atoms with E-state index in [0.717, 1.165) is 128 Å². The van der Waals surface area contributed by atoms with Crippen molar-refractivity contribution in [3.05, 3.63) is 134 Å². The van der Waals surface area contributed by atoms with Crippen molar-refractivity contribution in [1.82, 2.24) is 0 Å². The highest BCUT2D eigenvalue weighted by Gasteiger charge is 2.30. The molecule has 0 aromatic carbocycles. The van der Waals surface area contributed by atoms with Crippen LogP contribution >= 0.6 is 15.6 Å². The number of phosphoric ester groups is 2. The Labute approximate surface area is 605 Å². The Morgan fingerprint density at radius 1 is 0.290 bits per heavy atom. The maximum Gasteiger partial charge on any atom is 0.472 e. The first-order valence-corrected chi connectivity index (χ1v) is 41.4. The normalized spacial score (nSPS) is 14.7. The Morgan fingerprint density at radius 2 is 0.540 bits per heavy atom. The molecule has 5 unspecified atom stereocenters. The molecule has 3 N–H and O–H groups in total. The number of esters is 4. The van der Waals surface area contributed by atoms with Gasteiger partial charge in [-0.15, -0.1) is 0 Å². The number of allylic oxidation sites excluding steroid dienone is 22. The van der Waals surface area contributed by atoms with Gasteiger partial charge in [-0.25, -0.2) is 9.13 Å². The molecular formula is C81H136O17P2. The van der Waals surface area contributed by atoms with Crippen LogP contribution in [-0.4, -0.2) is 96.7 Å². The minimum atomic E-state index is -5.00. The zero-order valence-electron chi connectivity index (χ0n) is 62.3. The second-order valence-electron chi connectivity index (χ2n) is 25.2. The Morgan fingerprint density at radius 3 is 0.890 bits per heavy atom. The monoisotopic (exact) mass is 1440 g/mol. The number of carbonyl (C=O) groups excluding carboxylic acids is 4. The van der Waals surface area contributed by atoms with E-state index in [1.165, 1.54) is 77.0 Å². The first kappa shape index (κ1) is 95.2. The van der Waals surface area contributed by atoms with Crippen LogP contribution in [0.4, 0.5) is 0 Å². The van der Waals surface area contributed by atoms with E-state index >= 15 is 0 Å². The van der Waals surface area contributed by atoms with Gasteiger partial charge in [0.25, 0.3) is 0 Å². The number of aliphatic hydroxyl groups excluding tert-OH is 1. The fraction of sp³-hybridized carbons (Fsp3) is 0.679. The third-order valence-electron chi connectivity index (χ3n) is 15.6. The van der Waals surface area contributed by atoms with Crippen LogP contribution in [0.3, 0.4) is 0 Å². The van der Waals surface area contributed by atoms with Gasteiger partial charge in [0.1, 0.15) is 19.3 Å². The van der Waals surface area contributed by atoms with E-state index in [1.807, 2.05) is 18.2 Å². The number of carbonyl (C=O) groups is 4. The van der Waals surface area contributed by atoms with Crippen molar-refractivity contribution in [2.24, 2.45) is 0 Å². The van der Waals surface area contributed by atoms with Crippen molar-refractivity contribution in [1.29, 1.82) is 0 Å². The van der Waals surface area contributed by atoms with Gasteiger partial charge < -0.3 is 33.8 Å². The van der Waals surface area contributed by atoms with Gasteiger partial charge in [0.05, 0.1) is 26.4 Å². The highest BCUT2D eigenvalue weighted by molar-refractivity contribution is 7.47. The molecule has 0 rings (SSSR count). The van der Waals surface area contributed by atoms with Crippen LogP contribution in [0.15, 0.2) is 134 Å². The zero-order chi connectivity index (χ0) is 73.2. The van der Waals surface area contributed by atoms with Crippen LogP contribution in [0.1, 0.15) is 297 Å². The summed E-state index contributed by atoms with van der Waals surface area (Å²) in [7, 11) is -9.99. The van der Waals surface area contributed by atoms with E-state index in [2.05, 4.69) is 143 Å². The Bertz CT molecular complexity index is 2420. The van der Waals surface area contributed by atoms with E-state index in [1.54, 1.807) is 0 Å². The smallest absolute Gasteiger partial charge is 0.462 e. The molecule has 0 spiro atoms. The summed E-state index contributed by atoms with van der Waals surface area (Å²) in [5.74, 6) is -2.33. The summed E-state index contributed by atoms with van der Waals surface area (Å²) < 4.78 is 68.3. The quantitative estimate of drug-likeness (QED) is 0.0169. The maximum absolute atomic E-state index is 13.1. The third-order valence-corrected chi connectivity index (χ3v) is 17.5. The second-order valence-corrected chi connectivity index (χ2v) is 28.1. The molecule has 0 radical (unpaired) electrons. The number of aliphatic hydroxyl groups is 1. The van der Waals surface area contributed by atoms with Gasteiger partial charge in [-0.1, -0.05) is 277 Å². The molecular weight excluding hydrogens is 1310 g/mol. The number of rotatable bonds is 71. The molecule has 0 aliphatic carbocycles. The SMILES string of the molecule is CC/C=C\C/C=C\C/C=C\C/C=C\C/C=C\C/C=C\CCC(=O)OCC(COP(=O)(O)OCC(O)COP(=O)(O)OCC(COC(=O)CCCCCCC/C=C\CCCCCCCC)OC(=O)CCCCCCCCCCCCC)OC(=O)CCCC/C=C\C/C=C\C/C=C\C/C=C\CC. The fourth-order valence-electron chi connectivity index (χ4n) is 9.82. The Hall–Kier alpha value is -4.80. The zero-order valence-corrected chi connectivity index (χ0v) is 64.1. The van der Waals surface area contributed by atoms with E-state index in [4.69, 9.17) is 37.0 Å². The summed E-state index contributed by atoms with van der Waals surface area (Å²) in [6, 6.07) is 0. The van der Waals surface area contributed by atoms with Crippen LogP contribution in [0.2, 0.25) is 0 Å². The molecule has 17 nitrogen and oxygen atoms in total. The number of unbranched alkanes of at least 4 members (excludes halogenated alkanes) is 23. The summed E-state index contributed by atoms with van der Waals surface area (Å²) in [5.41, 5.74) is 0. The van der Waals surface area contributed by atoms with Crippen LogP contribution in [-0.2, 0) is 65.4 Å². The first-order valence-electron chi connectivity index (χ1n) is 38.4. The van der Waals surface area contributed by atoms with E-state index in [0.29, 0.717) is 38.5 Å². The van der Waals surface area contributed by atoms with Crippen molar-refractivity contribution < 1.29 is 80.2 Å². The molecule has 0 saturated heterocycles. The summed E-state index contributed by atoms with van der Waals surface area (Å²) in [4.78, 5) is 72.8. The molecule has 0 heterocycles. The van der Waals surface area contributed by atoms with Crippen molar-refractivity contribution >= 4 is 39.5 Å². The van der Waals surface area contributed by atoms with Gasteiger partial charge in [-0.2, -0.15) is 0 Å². The molecule has 0 saturated carbocycles. The van der Waals surface area contributed by atoms with E-state index in [9.17, 15) is 43.2 Å². The lowest BCUT2D eigenvalue weighted by Gasteiger charge is -2.21. The highest BCUT2D eigenvalue weighted by Crippen LogP contribution is 2.45. The van der Waals surface area contributed by atoms with Crippen LogP contribution < -0.4 is 0 Å². The largest absolute Gasteiger partial charge is 0.472 e. The molecule has 0 aliphatic rings. The van der Waals surface area contributed by atoms with Crippen molar-refractivity contribution in [2.45, 2.75) is 316 Å². The van der Waals surface area contributed by atoms with Gasteiger partial charge in [-0.05, 0) is 128 Å². The molecule has 100 heavy (non-hydrogen) atoms. The summed E-state index contributed by atoms with van der Waals surface area (Å²) in [6.45, 7) is 4.49. The highest BCUT2D eigenvalue weighted by atomic mass is 31.2. The maximum atomic E-state index is 13.1. The lowest BCUT2D eigenvalue weighted by molar-refractivity contribution is -0.161. The average Bonchev–Trinajstić information content (AvgIpc) is 0.985. The first-order chi connectivity index (χ1) is 48.7. The van der Waals surface area contributed by atoms with Crippen molar-refractivity contribution in [3.8, 4) is 0 Å². The molecule has 0 aliphatic heterocycles. The van der Waals surface area contributed by atoms with Gasteiger partial charge in [0, 0.05) is 25.7 Å². The second kappa shape index (κ2) is 72.5. The van der Waals surface area contributed by atoms with E-state index < -0.39 is 97.5 Å². The minimum absolute atomic E-state index is 0.0234. The minimum Gasteiger partial charge on any atom is -0.462 e. The molecule has 19 heteroatoms. The number of hydrogen-bond donors (Lipinski definition) is 3. The van der Waals surface area contributed by atoms with Crippen molar-refractivity contribution in [2.75, 3.05) is 39.6 Å². The number of hydrogen-bond acceptors (Lipinski definition) is 15. The molecule has 0 bridgehead atoms. The van der Waals surface area contributed by atoms with Gasteiger partial charge in [0.2, 0.25) is 0 Å². The van der Waals surface area contributed by atoms with Crippen LogP contribution in [0, 0.1) is 0 Å². The molecule has 572 valence electrons. The van der Waals surface area contributed by atoms with Gasteiger partial charge >= 0.3 is 39.5 Å². The van der Waals surface area contributed by atoms with E-state index in [-0.39, 0.29) is 25.7 Å². The van der Waals surface area contributed by atoms with Crippen LogP contribution in [0.5, 0.6) is 0 Å². The molecule has 0 aromatic rings. The topological polar surface area (TPSA) is 237 Å². The lowest BCUT2D eigenvalue weighted by Crippen LogP contribution is -2.30. The lowest BCUT2D eigenvalue weighted by atomic mass is 10.1. The Balaban J connectivity index is 5.43. The Kier molecular flexibility index (Phi) is 69.1. The fourth-order valence-corrected chi connectivity index (χ4v) is 11.4. The standard InChI is InChI=1S/C81H136O17P2/c1-5-9-13-17-21-25-29-32-35-36-37-38-41-43-47-50-54-58-62-66-79(84)92-72-77(98-81(86)68-64-60-56-52-48-44-40-34-31-27-23-19-15-11-7-3)74-96-100(89,90)94-70-75(82)69-93-99(87,88)95-73-76(97-80(85)67-63-59-55-51-45-28-24-20-16-12-8-4)71-91-78(83)65-61-57-53-49-46-42-39-33-30-26-22-18-14-10-6-2/h9,11,13,15,21,23,25,27,32-35,37-40,43,47-48,52,54,58,75-77,82H,5-8,10,12,14,16-20,22,24,26,28-31,36,41-42,44-46,49-51,53,55-57,59-74H2,1-4H3,(H,87,88)(H,89,90)/b13-9-,15-11-,25-21-,27-23-,35-32-,38-37-,39-33-,40-34-,47-43-,52-48-,58-54-. The molecule has 0 fully saturated rings. The number of ether oxygens (including phenoxy) is 4. The molecule has 5 atom stereocenters. The van der Waals surface area contributed by atoms with Crippen molar-refractivity contribution in [3.63, 3.8) is 0 Å². The predicted octanol–water partition coefficient (Wildman–Crippen LogP) is 22.1. The predicted molar refractivity (Wildman–Crippen MR) is 408 cm³/mol. The summed E-state index contributed by atoms with van der Waals surface area (Å²) >= 11 is 0. The van der Waals surface area contributed by atoms with Gasteiger partial charge in [-0.3, -0.25) is 37.3 Å². The summed E-state index contributed by atoms with van der Waals surface area (Å²) in [5, 5.41) is 10.6. The van der Waals surface area contributed by atoms with Gasteiger partial charge in [0.15, 0.2) is 12.2 Å². The summed E-state index contributed by atoms with van der Waals surface area (Å²) in [6.07, 6.45) is 80.4. The van der Waals surface area contributed by atoms with Crippen LogP contribution in [0.25, 0.3) is 0 Å². The molecule has 0 amide bonds. The number of phosphoric acid groups is 2. The average molecular weight is 1440 g/mol. The third kappa shape index (κ3) is 71.6. The molecule has 0 aromatic heterocycles.